The Labute approximate surface area is 225 Å². The number of nitrogens with zero attached hydrogens (tertiary/aromatic N) is 3. The van der Waals surface area contributed by atoms with Crippen LogP contribution in [0, 0.1) is 0 Å². The number of fused-ring (bicyclic) bond motifs is 2. The Hall–Kier alpha value is -3.53. The van der Waals surface area contributed by atoms with Crippen molar-refractivity contribution in [2.45, 2.75) is 44.0 Å². The average Bonchev–Trinajstić information content (AvgIpc) is 3.40. The molecule has 1 saturated heterocycles. The summed E-state index contributed by atoms with van der Waals surface area (Å²) in [5.41, 5.74) is 4.55. The predicted octanol–water partition coefficient (Wildman–Crippen LogP) is 3.12. The number of hydrogen-bond acceptors (Lipinski definition) is 7. The topological polar surface area (TPSA) is 117 Å². The van der Waals surface area contributed by atoms with E-state index in [4.69, 9.17) is 16.3 Å². The SMILES string of the molecule is O=C(CN1Cc2ccc(-c3nc(NC4CCOCC4)ncc3Cl)cc2C1=O)N[C@H]1c2ccccc2C[C@@H]1O. The summed E-state index contributed by atoms with van der Waals surface area (Å²) >= 11 is 6.45. The minimum atomic E-state index is -0.686. The molecule has 10 heteroatoms. The van der Waals surface area contributed by atoms with Gasteiger partial charge in [-0.15, -0.1) is 0 Å². The molecule has 9 nitrogen and oxygen atoms in total. The number of aliphatic hydroxyl groups is 1. The van der Waals surface area contributed by atoms with Crippen molar-refractivity contribution in [1.29, 1.82) is 0 Å². The third-order valence-electron chi connectivity index (χ3n) is 7.42. The van der Waals surface area contributed by atoms with Crippen LogP contribution in [0.1, 0.15) is 45.9 Å². The number of rotatable bonds is 6. The fourth-order valence-electron chi connectivity index (χ4n) is 5.44. The molecule has 1 aromatic heterocycles. The Kier molecular flexibility index (Phi) is 6.73. The number of aliphatic hydroxyl groups excluding tert-OH is 1. The lowest BCUT2D eigenvalue weighted by Crippen LogP contribution is -2.41. The number of anilines is 1. The summed E-state index contributed by atoms with van der Waals surface area (Å²) in [5, 5.41) is 17.1. The highest BCUT2D eigenvalue weighted by molar-refractivity contribution is 6.33. The number of carbonyl (C=O) groups excluding carboxylic acids is 2. The first-order valence-corrected chi connectivity index (χ1v) is 13.2. The van der Waals surface area contributed by atoms with Gasteiger partial charge in [-0.2, -0.15) is 0 Å². The van der Waals surface area contributed by atoms with Crippen molar-refractivity contribution in [2.24, 2.45) is 0 Å². The summed E-state index contributed by atoms with van der Waals surface area (Å²) in [6.07, 6.45) is 3.13. The fraction of sp³-hybridized carbons (Fsp3) is 0.357. The molecule has 3 aliphatic rings. The van der Waals surface area contributed by atoms with E-state index in [2.05, 4.69) is 20.6 Å². The Morgan fingerprint density at radius 3 is 2.82 bits per heavy atom. The first-order valence-electron chi connectivity index (χ1n) is 12.8. The fourth-order valence-corrected chi connectivity index (χ4v) is 5.64. The Morgan fingerprint density at radius 1 is 1.16 bits per heavy atom. The summed E-state index contributed by atoms with van der Waals surface area (Å²) in [6, 6.07) is 13.0. The van der Waals surface area contributed by atoms with Crippen LogP contribution >= 0.6 is 11.6 Å². The van der Waals surface area contributed by atoms with Crippen LogP contribution in [-0.2, 0) is 22.5 Å². The van der Waals surface area contributed by atoms with Gasteiger partial charge in [0.15, 0.2) is 0 Å². The van der Waals surface area contributed by atoms with Crippen molar-refractivity contribution in [3.63, 3.8) is 0 Å². The first kappa shape index (κ1) is 24.8. The van der Waals surface area contributed by atoms with Gasteiger partial charge in [0, 0.05) is 43.3 Å². The van der Waals surface area contributed by atoms with Gasteiger partial charge in [-0.25, -0.2) is 9.97 Å². The molecule has 38 heavy (non-hydrogen) atoms. The minimum Gasteiger partial charge on any atom is -0.390 e. The van der Waals surface area contributed by atoms with Crippen LogP contribution in [0.3, 0.4) is 0 Å². The van der Waals surface area contributed by atoms with Gasteiger partial charge >= 0.3 is 0 Å². The molecule has 0 unspecified atom stereocenters. The van der Waals surface area contributed by atoms with E-state index in [0.717, 1.165) is 29.5 Å². The molecule has 2 amide bonds. The van der Waals surface area contributed by atoms with Crippen molar-refractivity contribution in [2.75, 3.05) is 25.1 Å². The van der Waals surface area contributed by atoms with Gasteiger partial charge < -0.3 is 25.4 Å². The van der Waals surface area contributed by atoms with Crippen molar-refractivity contribution in [3.8, 4) is 11.3 Å². The van der Waals surface area contributed by atoms with Gasteiger partial charge in [0.2, 0.25) is 11.9 Å². The molecule has 2 atom stereocenters. The smallest absolute Gasteiger partial charge is 0.254 e. The number of benzene rings is 2. The number of carbonyl (C=O) groups is 2. The summed E-state index contributed by atoms with van der Waals surface area (Å²) < 4.78 is 5.41. The highest BCUT2D eigenvalue weighted by Gasteiger charge is 2.34. The van der Waals surface area contributed by atoms with Crippen LogP contribution in [0.25, 0.3) is 11.3 Å². The maximum absolute atomic E-state index is 13.2. The number of nitrogens with one attached hydrogen (secondary N) is 2. The van der Waals surface area contributed by atoms with E-state index in [1.807, 2.05) is 36.4 Å². The van der Waals surface area contributed by atoms with Crippen molar-refractivity contribution >= 4 is 29.4 Å². The van der Waals surface area contributed by atoms with E-state index in [1.54, 1.807) is 12.3 Å². The zero-order valence-corrected chi connectivity index (χ0v) is 21.4. The maximum atomic E-state index is 13.2. The third-order valence-corrected chi connectivity index (χ3v) is 7.69. The molecule has 6 rings (SSSR count). The molecule has 1 fully saturated rings. The van der Waals surface area contributed by atoms with Gasteiger partial charge in [-0.3, -0.25) is 9.59 Å². The highest BCUT2D eigenvalue weighted by atomic mass is 35.5. The second-order valence-corrected chi connectivity index (χ2v) is 10.4. The maximum Gasteiger partial charge on any atom is 0.254 e. The molecule has 196 valence electrons. The van der Waals surface area contributed by atoms with Gasteiger partial charge in [0.25, 0.3) is 5.91 Å². The number of halogens is 1. The molecule has 0 saturated carbocycles. The standard InChI is InChI=1S/C28H28ClN5O4/c29-22-13-30-28(31-19-7-9-38-10-8-19)33-25(22)17-5-6-18-14-34(27(37)21(18)11-17)15-24(36)32-26-20-4-2-1-3-16(20)12-23(26)35/h1-6,11,13,19,23,26,35H,7-10,12,14-15H2,(H,32,36)(H,30,31,33)/t23-,26-/m0/s1. The molecular weight excluding hydrogens is 506 g/mol. The molecule has 2 aliphatic heterocycles. The van der Waals surface area contributed by atoms with Gasteiger partial charge in [-0.1, -0.05) is 48.0 Å². The van der Waals surface area contributed by atoms with E-state index in [9.17, 15) is 14.7 Å². The van der Waals surface area contributed by atoms with E-state index >= 15 is 0 Å². The number of hydrogen-bond donors (Lipinski definition) is 3. The highest BCUT2D eigenvalue weighted by Crippen LogP contribution is 2.33. The van der Waals surface area contributed by atoms with Crippen LogP contribution in [-0.4, -0.2) is 63.7 Å². The predicted molar refractivity (Wildman–Crippen MR) is 142 cm³/mol. The van der Waals surface area contributed by atoms with Gasteiger partial charge in [0.1, 0.15) is 6.54 Å². The molecule has 2 aromatic carbocycles. The monoisotopic (exact) mass is 533 g/mol. The lowest BCUT2D eigenvalue weighted by Gasteiger charge is -2.23. The zero-order valence-electron chi connectivity index (χ0n) is 20.7. The summed E-state index contributed by atoms with van der Waals surface area (Å²) in [7, 11) is 0. The number of ether oxygens (including phenoxy) is 1. The number of aromatic nitrogens is 2. The molecule has 1 aliphatic carbocycles. The second-order valence-electron chi connectivity index (χ2n) is 9.97. The zero-order chi connectivity index (χ0) is 26.2. The van der Waals surface area contributed by atoms with E-state index < -0.39 is 12.1 Å². The van der Waals surface area contributed by atoms with Crippen LogP contribution < -0.4 is 10.6 Å². The first-order chi connectivity index (χ1) is 18.5. The van der Waals surface area contributed by atoms with E-state index in [-0.39, 0.29) is 24.4 Å². The van der Waals surface area contributed by atoms with Crippen LogP contribution in [0.15, 0.2) is 48.7 Å². The van der Waals surface area contributed by atoms with Crippen LogP contribution in [0.4, 0.5) is 5.95 Å². The summed E-state index contributed by atoms with van der Waals surface area (Å²) in [5.74, 6) is -0.0537. The summed E-state index contributed by atoms with van der Waals surface area (Å²) in [6.45, 7) is 1.64. The second kappa shape index (κ2) is 10.3. The van der Waals surface area contributed by atoms with E-state index in [0.29, 0.717) is 54.0 Å². The molecule has 3 N–H and O–H groups in total. The Bertz CT molecular complexity index is 1390. The van der Waals surface area contributed by atoms with Crippen LogP contribution in [0.5, 0.6) is 0 Å². The van der Waals surface area contributed by atoms with Gasteiger partial charge in [-0.05, 0) is 35.6 Å². The van der Waals surface area contributed by atoms with Crippen molar-refractivity contribution in [3.05, 3.63) is 75.9 Å². The average molecular weight is 534 g/mol. The lowest BCUT2D eigenvalue weighted by atomic mass is 10.0. The molecule has 3 aromatic rings. The van der Waals surface area contributed by atoms with Crippen molar-refractivity contribution in [1.82, 2.24) is 20.2 Å². The Morgan fingerprint density at radius 2 is 1.97 bits per heavy atom. The normalized spacial score (nSPS) is 20.8. The molecule has 0 radical (unpaired) electrons. The molecular formula is C28H28ClN5O4. The number of amides is 2. The van der Waals surface area contributed by atoms with Crippen molar-refractivity contribution < 1.29 is 19.4 Å². The lowest BCUT2D eigenvalue weighted by molar-refractivity contribution is -0.123. The van der Waals surface area contributed by atoms with Crippen LogP contribution in [0.2, 0.25) is 5.02 Å². The quantitative estimate of drug-likeness (QED) is 0.446. The van der Waals surface area contributed by atoms with Gasteiger partial charge in [0.05, 0.1) is 29.1 Å². The molecule has 3 heterocycles. The third kappa shape index (κ3) is 4.84. The largest absolute Gasteiger partial charge is 0.390 e. The molecule has 0 spiro atoms. The minimum absolute atomic E-state index is 0.0956. The Balaban J connectivity index is 1.15. The molecule has 0 bridgehead atoms. The summed E-state index contributed by atoms with van der Waals surface area (Å²) in [4.78, 5) is 36.6. The van der Waals surface area contributed by atoms with E-state index in [1.165, 1.54) is 4.90 Å².